The summed E-state index contributed by atoms with van der Waals surface area (Å²) >= 11 is 0. The van der Waals surface area contributed by atoms with Crippen LogP contribution in [0.15, 0.2) is 0 Å². The van der Waals surface area contributed by atoms with Gasteiger partial charge in [-0.1, -0.05) is 26.2 Å². The zero-order valence-electron chi connectivity index (χ0n) is 13.1. The van der Waals surface area contributed by atoms with Crippen molar-refractivity contribution in [3.63, 3.8) is 0 Å². The molecular weight excluding hydrogens is 270 g/mol. The third-order valence-electron chi connectivity index (χ3n) is 4.55. The van der Waals surface area contributed by atoms with Gasteiger partial charge in [-0.05, 0) is 37.0 Å². The van der Waals surface area contributed by atoms with Crippen LogP contribution in [0.3, 0.4) is 0 Å². The van der Waals surface area contributed by atoms with Crippen molar-refractivity contribution >= 4 is 11.9 Å². The fraction of sp³-hybridized carbons (Fsp3) is 0.875. The molecule has 122 valence electrons. The second-order valence-corrected chi connectivity index (χ2v) is 6.43. The summed E-state index contributed by atoms with van der Waals surface area (Å²) in [7, 11) is 0. The summed E-state index contributed by atoms with van der Waals surface area (Å²) in [6.07, 6.45) is 6.84. The highest BCUT2D eigenvalue weighted by Gasteiger charge is 2.37. The number of aliphatic hydroxyl groups is 1. The standard InChI is InChI=1S/C16H29NO4/c1-2-5-13(6-9-18)12-17-14(19)10-16(11-15(20)21)7-3-4-8-16/h13,18H,2-12H2,1H3,(H,17,19)(H,20,21). The zero-order chi connectivity index (χ0) is 15.7. The molecule has 1 aliphatic rings. The molecular formula is C16H29NO4. The van der Waals surface area contributed by atoms with Crippen LogP contribution in [-0.4, -0.2) is 35.2 Å². The van der Waals surface area contributed by atoms with E-state index in [4.69, 9.17) is 10.2 Å². The van der Waals surface area contributed by atoms with Gasteiger partial charge in [-0.2, -0.15) is 0 Å². The monoisotopic (exact) mass is 299 g/mol. The van der Waals surface area contributed by atoms with Crippen molar-refractivity contribution in [2.24, 2.45) is 11.3 Å². The Morgan fingerprint density at radius 2 is 1.86 bits per heavy atom. The number of rotatable bonds is 10. The molecule has 0 bridgehead atoms. The summed E-state index contributed by atoms with van der Waals surface area (Å²) < 4.78 is 0. The van der Waals surface area contributed by atoms with Crippen molar-refractivity contribution in [1.29, 1.82) is 0 Å². The van der Waals surface area contributed by atoms with Crippen LogP contribution in [0.2, 0.25) is 0 Å². The topological polar surface area (TPSA) is 86.6 Å². The lowest BCUT2D eigenvalue weighted by Crippen LogP contribution is -2.35. The molecule has 0 radical (unpaired) electrons. The van der Waals surface area contributed by atoms with Crippen LogP contribution in [0.25, 0.3) is 0 Å². The first-order chi connectivity index (χ1) is 10.0. The number of aliphatic hydroxyl groups excluding tert-OH is 1. The molecule has 0 aromatic rings. The van der Waals surface area contributed by atoms with Crippen LogP contribution < -0.4 is 5.32 Å². The minimum absolute atomic E-state index is 0.0443. The summed E-state index contributed by atoms with van der Waals surface area (Å²) in [6, 6.07) is 0. The van der Waals surface area contributed by atoms with Crippen molar-refractivity contribution in [2.45, 2.75) is 64.7 Å². The summed E-state index contributed by atoms with van der Waals surface area (Å²) in [5.74, 6) is -0.547. The van der Waals surface area contributed by atoms with Crippen LogP contribution >= 0.6 is 0 Å². The molecule has 0 saturated heterocycles. The first-order valence-corrected chi connectivity index (χ1v) is 8.10. The predicted molar refractivity (Wildman–Crippen MR) is 80.9 cm³/mol. The number of hydrogen-bond donors (Lipinski definition) is 3. The number of carbonyl (C=O) groups excluding carboxylic acids is 1. The number of aliphatic carboxylic acids is 1. The largest absolute Gasteiger partial charge is 0.481 e. The molecule has 0 heterocycles. The summed E-state index contributed by atoms with van der Waals surface area (Å²) in [5, 5.41) is 21.0. The lowest BCUT2D eigenvalue weighted by atomic mass is 9.79. The Morgan fingerprint density at radius 1 is 1.19 bits per heavy atom. The van der Waals surface area contributed by atoms with Crippen molar-refractivity contribution in [1.82, 2.24) is 5.32 Å². The average molecular weight is 299 g/mol. The summed E-state index contributed by atoms with van der Waals surface area (Å²) in [5.41, 5.74) is -0.340. The molecule has 1 saturated carbocycles. The van der Waals surface area contributed by atoms with E-state index < -0.39 is 5.97 Å². The number of carboxylic acids is 1. The Kier molecular flexibility index (Phi) is 7.72. The van der Waals surface area contributed by atoms with E-state index in [0.29, 0.717) is 25.3 Å². The quantitative estimate of drug-likeness (QED) is 0.578. The maximum Gasteiger partial charge on any atom is 0.303 e. The van der Waals surface area contributed by atoms with Crippen LogP contribution in [0, 0.1) is 11.3 Å². The molecule has 1 fully saturated rings. The number of hydrogen-bond acceptors (Lipinski definition) is 3. The maximum atomic E-state index is 12.1. The van der Waals surface area contributed by atoms with E-state index in [1.54, 1.807) is 0 Å². The number of nitrogens with one attached hydrogen (secondary N) is 1. The highest BCUT2D eigenvalue weighted by molar-refractivity contribution is 5.78. The van der Waals surface area contributed by atoms with Crippen LogP contribution in [0.5, 0.6) is 0 Å². The molecule has 1 atom stereocenters. The predicted octanol–water partition coefficient (Wildman–Crippen LogP) is 2.33. The van der Waals surface area contributed by atoms with Crippen LogP contribution in [-0.2, 0) is 9.59 Å². The van der Waals surface area contributed by atoms with E-state index in [-0.39, 0.29) is 24.3 Å². The van der Waals surface area contributed by atoms with Crippen molar-refractivity contribution in [3.8, 4) is 0 Å². The summed E-state index contributed by atoms with van der Waals surface area (Å²) in [4.78, 5) is 23.2. The Morgan fingerprint density at radius 3 is 2.38 bits per heavy atom. The minimum atomic E-state index is -0.811. The molecule has 5 heteroatoms. The number of carboxylic acid groups (broad SMARTS) is 1. The van der Waals surface area contributed by atoms with Crippen molar-refractivity contribution in [2.75, 3.05) is 13.2 Å². The molecule has 0 aromatic carbocycles. The minimum Gasteiger partial charge on any atom is -0.481 e. The van der Waals surface area contributed by atoms with Crippen LogP contribution in [0.4, 0.5) is 0 Å². The van der Waals surface area contributed by atoms with Gasteiger partial charge in [0.2, 0.25) is 5.91 Å². The van der Waals surface area contributed by atoms with Gasteiger partial charge in [0.1, 0.15) is 0 Å². The molecule has 5 nitrogen and oxygen atoms in total. The second-order valence-electron chi connectivity index (χ2n) is 6.43. The molecule has 1 unspecified atom stereocenters. The molecule has 21 heavy (non-hydrogen) atoms. The molecule has 0 aromatic heterocycles. The van der Waals surface area contributed by atoms with Gasteiger partial charge in [0, 0.05) is 19.6 Å². The number of carbonyl (C=O) groups is 2. The van der Waals surface area contributed by atoms with Gasteiger partial charge in [0.25, 0.3) is 0 Å². The van der Waals surface area contributed by atoms with E-state index in [1.165, 1.54) is 0 Å². The van der Waals surface area contributed by atoms with E-state index in [2.05, 4.69) is 12.2 Å². The summed E-state index contributed by atoms with van der Waals surface area (Å²) in [6.45, 7) is 2.81. The molecule has 1 rings (SSSR count). The van der Waals surface area contributed by atoms with E-state index in [9.17, 15) is 9.59 Å². The van der Waals surface area contributed by atoms with Gasteiger partial charge in [-0.3, -0.25) is 9.59 Å². The lowest BCUT2D eigenvalue weighted by Gasteiger charge is -2.27. The van der Waals surface area contributed by atoms with Gasteiger partial charge >= 0.3 is 5.97 Å². The Balaban J connectivity index is 2.44. The first kappa shape index (κ1) is 18.0. The Bertz CT molecular complexity index is 331. The number of amides is 1. The maximum absolute atomic E-state index is 12.1. The third-order valence-corrected chi connectivity index (χ3v) is 4.55. The zero-order valence-corrected chi connectivity index (χ0v) is 13.1. The third kappa shape index (κ3) is 6.46. The van der Waals surface area contributed by atoms with E-state index in [0.717, 1.165) is 38.5 Å². The first-order valence-electron chi connectivity index (χ1n) is 8.10. The Labute approximate surface area is 127 Å². The SMILES string of the molecule is CCCC(CCO)CNC(=O)CC1(CC(=O)O)CCCC1. The average Bonchev–Trinajstić information content (AvgIpc) is 2.83. The molecule has 0 spiro atoms. The van der Waals surface area contributed by atoms with Gasteiger partial charge in [0.15, 0.2) is 0 Å². The fourth-order valence-electron chi connectivity index (χ4n) is 3.46. The molecule has 0 aliphatic heterocycles. The highest BCUT2D eigenvalue weighted by Crippen LogP contribution is 2.43. The molecule has 3 N–H and O–H groups in total. The van der Waals surface area contributed by atoms with Gasteiger partial charge in [0.05, 0.1) is 6.42 Å². The molecule has 1 aliphatic carbocycles. The Hall–Kier alpha value is -1.10. The highest BCUT2D eigenvalue weighted by atomic mass is 16.4. The van der Waals surface area contributed by atoms with Gasteiger partial charge in [-0.15, -0.1) is 0 Å². The van der Waals surface area contributed by atoms with Crippen molar-refractivity contribution < 1.29 is 19.8 Å². The fourth-order valence-corrected chi connectivity index (χ4v) is 3.46. The van der Waals surface area contributed by atoms with Gasteiger partial charge < -0.3 is 15.5 Å². The van der Waals surface area contributed by atoms with E-state index in [1.807, 2.05) is 0 Å². The molecule has 1 amide bonds. The van der Waals surface area contributed by atoms with Gasteiger partial charge in [-0.25, -0.2) is 0 Å². The second kappa shape index (κ2) is 9.03. The lowest BCUT2D eigenvalue weighted by molar-refractivity contribution is -0.140. The normalized spacial score (nSPS) is 18.4. The van der Waals surface area contributed by atoms with E-state index >= 15 is 0 Å². The van der Waals surface area contributed by atoms with Crippen molar-refractivity contribution in [3.05, 3.63) is 0 Å². The smallest absolute Gasteiger partial charge is 0.303 e. The van der Waals surface area contributed by atoms with Crippen LogP contribution in [0.1, 0.15) is 64.7 Å².